The number of guanidine groups is 1. The van der Waals surface area contributed by atoms with Gasteiger partial charge in [-0.2, -0.15) is 0 Å². The minimum absolute atomic E-state index is 0. The molecule has 1 aromatic heterocycles. The van der Waals surface area contributed by atoms with Gasteiger partial charge in [-0.3, -0.25) is 4.79 Å². The third-order valence-corrected chi connectivity index (χ3v) is 4.92. The number of aliphatic imine (C=N–C) groups is 1. The highest BCUT2D eigenvalue weighted by Crippen LogP contribution is 2.14. The summed E-state index contributed by atoms with van der Waals surface area (Å²) < 4.78 is 0. The van der Waals surface area contributed by atoms with Crippen LogP contribution in [0.5, 0.6) is 0 Å². The maximum atomic E-state index is 11.7. The van der Waals surface area contributed by atoms with Gasteiger partial charge in [-0.05, 0) is 37.5 Å². The molecule has 8 heteroatoms. The van der Waals surface area contributed by atoms with Crippen LogP contribution in [0.25, 0.3) is 0 Å². The van der Waals surface area contributed by atoms with E-state index in [0.717, 1.165) is 42.5 Å². The number of aromatic nitrogens is 1. The maximum absolute atomic E-state index is 11.7. The Hall–Kier alpha value is -1.68. The van der Waals surface area contributed by atoms with E-state index >= 15 is 0 Å². The number of thiazole rings is 1. The van der Waals surface area contributed by atoms with Crippen LogP contribution in [0.3, 0.4) is 0 Å². The van der Waals surface area contributed by atoms with Crippen LogP contribution in [0.1, 0.15) is 39.7 Å². The number of hydrogen-bond acceptors (Lipinski definition) is 4. The normalized spacial score (nSPS) is 10.9. The number of nitrogens with one attached hydrogen (secondary N) is 3. The van der Waals surface area contributed by atoms with Gasteiger partial charge in [-0.1, -0.05) is 19.1 Å². The average Bonchev–Trinajstić information content (AvgIpc) is 3.14. The molecule has 0 atom stereocenters. The van der Waals surface area contributed by atoms with Gasteiger partial charge in [-0.15, -0.1) is 35.3 Å². The van der Waals surface area contributed by atoms with E-state index in [9.17, 15) is 4.79 Å². The SMILES string of the molecule is CCNC(=NCc1ncc(CC)s1)NCCc1cccc(C(=O)NC)c1.I. The molecule has 6 nitrogen and oxygen atoms in total. The van der Waals surface area contributed by atoms with Gasteiger partial charge in [0.15, 0.2) is 5.96 Å². The van der Waals surface area contributed by atoms with Crippen LogP contribution in [0.2, 0.25) is 0 Å². The third kappa shape index (κ3) is 7.84. The third-order valence-electron chi connectivity index (χ3n) is 3.79. The molecule has 0 aliphatic rings. The Morgan fingerprint density at radius 1 is 1.26 bits per heavy atom. The number of rotatable bonds is 8. The lowest BCUT2D eigenvalue weighted by molar-refractivity contribution is 0.0963. The van der Waals surface area contributed by atoms with Gasteiger partial charge in [0.25, 0.3) is 5.91 Å². The standard InChI is InChI=1S/C19H27N5OS.HI/c1-4-16-12-23-17(26-16)13-24-19(21-5-2)22-10-9-14-7-6-8-15(11-14)18(25)20-3;/h6-8,11-12H,4-5,9-10,13H2,1-3H3,(H,20,25)(H2,21,22,24);1H. The second-order valence-electron chi connectivity index (χ2n) is 5.73. The quantitative estimate of drug-likeness (QED) is 0.295. The van der Waals surface area contributed by atoms with E-state index < -0.39 is 0 Å². The Balaban J connectivity index is 0.00000364. The molecule has 1 heterocycles. The Kier molecular flexibility index (Phi) is 11.0. The Labute approximate surface area is 182 Å². The molecule has 27 heavy (non-hydrogen) atoms. The number of halogens is 1. The first-order valence-corrected chi connectivity index (χ1v) is 9.74. The van der Waals surface area contributed by atoms with Crippen molar-refractivity contribution in [1.29, 1.82) is 0 Å². The van der Waals surface area contributed by atoms with Crippen molar-refractivity contribution in [3.63, 3.8) is 0 Å². The predicted octanol–water partition coefficient (Wildman–Crippen LogP) is 2.98. The van der Waals surface area contributed by atoms with Gasteiger partial charge < -0.3 is 16.0 Å². The Morgan fingerprint density at radius 2 is 2.07 bits per heavy atom. The summed E-state index contributed by atoms with van der Waals surface area (Å²) in [6.45, 7) is 6.29. The van der Waals surface area contributed by atoms with E-state index in [4.69, 9.17) is 0 Å². The molecular weight excluding hydrogens is 473 g/mol. The van der Waals surface area contributed by atoms with E-state index in [1.165, 1.54) is 4.88 Å². The molecule has 1 amide bonds. The molecule has 148 valence electrons. The van der Waals surface area contributed by atoms with Gasteiger partial charge in [0.05, 0.1) is 6.54 Å². The second kappa shape index (κ2) is 12.7. The van der Waals surface area contributed by atoms with Crippen LogP contribution in [0, 0.1) is 0 Å². The number of hydrogen-bond donors (Lipinski definition) is 3. The molecule has 2 rings (SSSR count). The molecule has 0 fully saturated rings. The van der Waals surface area contributed by atoms with Crippen molar-refractivity contribution in [3.8, 4) is 0 Å². The highest BCUT2D eigenvalue weighted by Gasteiger charge is 2.05. The van der Waals surface area contributed by atoms with Crippen LogP contribution in [-0.2, 0) is 19.4 Å². The summed E-state index contributed by atoms with van der Waals surface area (Å²) in [5.41, 5.74) is 1.79. The Bertz CT molecular complexity index is 747. The first-order valence-electron chi connectivity index (χ1n) is 8.93. The van der Waals surface area contributed by atoms with Crippen molar-refractivity contribution in [2.45, 2.75) is 33.2 Å². The molecule has 0 aliphatic carbocycles. The summed E-state index contributed by atoms with van der Waals surface area (Å²) in [7, 11) is 1.64. The summed E-state index contributed by atoms with van der Waals surface area (Å²) >= 11 is 1.71. The fraction of sp³-hybridized carbons (Fsp3) is 0.421. The minimum Gasteiger partial charge on any atom is -0.357 e. The van der Waals surface area contributed by atoms with E-state index in [-0.39, 0.29) is 29.9 Å². The lowest BCUT2D eigenvalue weighted by Crippen LogP contribution is -2.38. The van der Waals surface area contributed by atoms with Gasteiger partial charge in [0.1, 0.15) is 5.01 Å². The number of nitrogens with zero attached hydrogens (tertiary/aromatic N) is 2. The maximum Gasteiger partial charge on any atom is 0.251 e. The van der Waals surface area contributed by atoms with E-state index in [2.05, 4.69) is 32.9 Å². The van der Waals surface area contributed by atoms with Crippen LogP contribution in [0.15, 0.2) is 35.5 Å². The summed E-state index contributed by atoms with van der Waals surface area (Å²) in [4.78, 5) is 22.0. The molecule has 0 saturated heterocycles. The predicted molar refractivity (Wildman–Crippen MR) is 123 cm³/mol. The highest BCUT2D eigenvalue weighted by atomic mass is 127. The summed E-state index contributed by atoms with van der Waals surface area (Å²) in [5.74, 6) is 0.716. The lowest BCUT2D eigenvalue weighted by Gasteiger charge is -2.11. The zero-order valence-corrected chi connectivity index (χ0v) is 19.2. The lowest BCUT2D eigenvalue weighted by atomic mass is 10.1. The number of amides is 1. The number of benzene rings is 1. The van der Waals surface area contributed by atoms with E-state index in [1.54, 1.807) is 18.4 Å². The van der Waals surface area contributed by atoms with Crippen molar-refractivity contribution < 1.29 is 4.79 Å². The molecular formula is C19H28IN5OS. The molecule has 0 bridgehead atoms. The van der Waals surface area contributed by atoms with Gasteiger partial charge >= 0.3 is 0 Å². The number of carbonyl (C=O) groups is 1. The Morgan fingerprint density at radius 3 is 2.74 bits per heavy atom. The molecule has 0 unspecified atom stereocenters. The van der Waals surface area contributed by atoms with Crippen molar-refractivity contribution in [2.24, 2.45) is 4.99 Å². The first kappa shape index (κ1) is 23.4. The average molecular weight is 501 g/mol. The molecule has 1 aromatic carbocycles. The van der Waals surface area contributed by atoms with Crippen LogP contribution in [0.4, 0.5) is 0 Å². The number of aryl methyl sites for hydroxylation is 1. The smallest absolute Gasteiger partial charge is 0.251 e. The molecule has 0 saturated carbocycles. The van der Waals surface area contributed by atoms with E-state index in [0.29, 0.717) is 12.1 Å². The zero-order chi connectivity index (χ0) is 18.8. The summed E-state index contributed by atoms with van der Waals surface area (Å²) in [5, 5.41) is 10.3. The van der Waals surface area contributed by atoms with Crippen molar-refractivity contribution in [1.82, 2.24) is 20.9 Å². The highest BCUT2D eigenvalue weighted by molar-refractivity contribution is 14.0. The minimum atomic E-state index is -0.0652. The van der Waals surface area contributed by atoms with Crippen molar-refractivity contribution >= 4 is 47.2 Å². The van der Waals surface area contributed by atoms with Crippen LogP contribution >= 0.6 is 35.3 Å². The van der Waals surface area contributed by atoms with Crippen molar-refractivity contribution in [3.05, 3.63) is 51.5 Å². The van der Waals surface area contributed by atoms with E-state index in [1.807, 2.05) is 37.4 Å². The summed E-state index contributed by atoms with van der Waals surface area (Å²) in [6, 6.07) is 7.68. The number of carbonyl (C=O) groups excluding carboxylic acids is 1. The monoisotopic (exact) mass is 501 g/mol. The molecule has 2 aromatic rings. The summed E-state index contributed by atoms with van der Waals surface area (Å²) in [6.07, 6.45) is 3.75. The van der Waals surface area contributed by atoms with Gasteiger partial charge in [0.2, 0.25) is 0 Å². The van der Waals surface area contributed by atoms with Crippen LogP contribution < -0.4 is 16.0 Å². The van der Waals surface area contributed by atoms with Gasteiger partial charge in [-0.25, -0.2) is 9.98 Å². The van der Waals surface area contributed by atoms with Crippen molar-refractivity contribution in [2.75, 3.05) is 20.1 Å². The molecule has 0 aliphatic heterocycles. The fourth-order valence-electron chi connectivity index (χ4n) is 2.41. The topological polar surface area (TPSA) is 78.4 Å². The van der Waals surface area contributed by atoms with Crippen LogP contribution in [-0.4, -0.2) is 37.0 Å². The molecule has 3 N–H and O–H groups in total. The molecule has 0 spiro atoms. The molecule has 0 radical (unpaired) electrons. The second-order valence-corrected chi connectivity index (χ2v) is 6.93. The zero-order valence-electron chi connectivity index (χ0n) is 16.0. The van der Waals surface area contributed by atoms with Gasteiger partial charge in [0, 0.05) is 36.8 Å². The first-order chi connectivity index (χ1) is 12.7. The fourth-order valence-corrected chi connectivity index (χ4v) is 3.20. The largest absolute Gasteiger partial charge is 0.357 e.